The van der Waals surface area contributed by atoms with Crippen molar-refractivity contribution in [3.8, 4) is 0 Å². The molecule has 0 unspecified atom stereocenters. The quantitative estimate of drug-likeness (QED) is 0.512. The summed E-state index contributed by atoms with van der Waals surface area (Å²) in [5.74, 6) is -0.670. The molecule has 1 atom stereocenters. The molecule has 4 nitrogen and oxygen atoms in total. The number of hydrogen-bond donors (Lipinski definition) is 1. The van der Waals surface area contributed by atoms with Crippen molar-refractivity contribution in [2.75, 3.05) is 20.8 Å². The van der Waals surface area contributed by atoms with Crippen LogP contribution in [0.5, 0.6) is 0 Å². The molecule has 0 aromatic rings. The van der Waals surface area contributed by atoms with Gasteiger partial charge in [-0.1, -0.05) is 0 Å². The molecule has 0 aromatic heterocycles. The second-order valence-electron chi connectivity index (χ2n) is 1.49. The van der Waals surface area contributed by atoms with E-state index in [4.69, 9.17) is 5.11 Å². The molecule has 0 amide bonds. The van der Waals surface area contributed by atoms with Gasteiger partial charge >= 0.3 is 5.97 Å². The molecule has 0 fully saturated rings. The number of methoxy groups -OCH3 is 2. The molecule has 4 heteroatoms. The average Bonchev–Trinajstić information content (AvgIpc) is 1.87. The maximum Gasteiger partial charge on any atom is 0.337 e. The van der Waals surface area contributed by atoms with Gasteiger partial charge in [0.1, 0.15) is 0 Å². The first-order valence-corrected chi connectivity index (χ1v) is 2.47. The van der Waals surface area contributed by atoms with Crippen molar-refractivity contribution in [3.63, 3.8) is 0 Å². The Labute approximate surface area is 53.4 Å². The van der Waals surface area contributed by atoms with Crippen LogP contribution in [0.4, 0.5) is 0 Å². The number of rotatable bonds is 3. The number of esters is 1. The number of aliphatic hydroxyl groups is 1. The van der Waals surface area contributed by atoms with Gasteiger partial charge in [0.15, 0.2) is 6.10 Å². The van der Waals surface area contributed by atoms with E-state index in [9.17, 15) is 4.79 Å². The first-order chi connectivity index (χ1) is 4.22. The van der Waals surface area contributed by atoms with Crippen molar-refractivity contribution >= 4 is 5.97 Å². The van der Waals surface area contributed by atoms with Gasteiger partial charge < -0.3 is 14.6 Å². The highest BCUT2D eigenvalue weighted by molar-refractivity contribution is 5.74. The Kier molecular flexibility index (Phi) is 4.00. The lowest BCUT2D eigenvalue weighted by molar-refractivity contribution is -0.152. The van der Waals surface area contributed by atoms with Crippen LogP contribution in [-0.2, 0) is 14.3 Å². The number of carbonyl (C=O) groups excluding carboxylic acids is 1. The minimum Gasteiger partial charge on any atom is -0.467 e. The second-order valence-corrected chi connectivity index (χ2v) is 1.49. The first-order valence-electron chi connectivity index (χ1n) is 2.47. The Hall–Kier alpha value is -0.610. The molecule has 0 saturated heterocycles. The van der Waals surface area contributed by atoms with Crippen molar-refractivity contribution in [1.82, 2.24) is 0 Å². The zero-order valence-electron chi connectivity index (χ0n) is 5.46. The predicted octanol–water partition coefficient (Wildman–Crippen LogP) is -0.833. The molecule has 0 heterocycles. The van der Waals surface area contributed by atoms with Gasteiger partial charge in [-0.3, -0.25) is 0 Å². The van der Waals surface area contributed by atoms with Gasteiger partial charge in [-0.25, -0.2) is 4.79 Å². The SMILES string of the molecule is COC[C@@H](O)C(=O)OC. The molecule has 0 rings (SSSR count). The zero-order valence-corrected chi connectivity index (χ0v) is 5.46. The maximum atomic E-state index is 10.3. The summed E-state index contributed by atoms with van der Waals surface area (Å²) in [6, 6.07) is 0. The van der Waals surface area contributed by atoms with E-state index >= 15 is 0 Å². The van der Waals surface area contributed by atoms with Crippen LogP contribution in [0.15, 0.2) is 0 Å². The largest absolute Gasteiger partial charge is 0.467 e. The minimum absolute atomic E-state index is 0.0212. The summed E-state index contributed by atoms with van der Waals surface area (Å²) in [6.07, 6.45) is -1.15. The lowest BCUT2D eigenvalue weighted by Crippen LogP contribution is -2.26. The molecule has 1 N–H and O–H groups in total. The molecule has 0 bridgehead atoms. The van der Waals surface area contributed by atoms with E-state index in [1.54, 1.807) is 0 Å². The molecule has 0 saturated carbocycles. The van der Waals surface area contributed by atoms with Gasteiger partial charge in [0.25, 0.3) is 0 Å². The predicted molar refractivity (Wildman–Crippen MR) is 29.9 cm³/mol. The Morgan fingerprint density at radius 1 is 1.67 bits per heavy atom. The van der Waals surface area contributed by atoms with Gasteiger partial charge in [-0.15, -0.1) is 0 Å². The highest BCUT2D eigenvalue weighted by Crippen LogP contribution is 1.85. The molecule has 0 aliphatic carbocycles. The summed E-state index contributed by atoms with van der Waals surface area (Å²) in [6.45, 7) is -0.0212. The van der Waals surface area contributed by atoms with E-state index in [1.807, 2.05) is 0 Å². The van der Waals surface area contributed by atoms with Crippen LogP contribution in [0, 0.1) is 0 Å². The molecule has 0 aliphatic heterocycles. The van der Waals surface area contributed by atoms with Crippen LogP contribution in [0.1, 0.15) is 0 Å². The van der Waals surface area contributed by atoms with Gasteiger partial charge in [0.2, 0.25) is 0 Å². The molecular weight excluding hydrogens is 124 g/mol. The number of carbonyl (C=O) groups is 1. The Bertz CT molecular complexity index is 91.0. The van der Waals surface area contributed by atoms with Crippen molar-refractivity contribution in [3.05, 3.63) is 0 Å². The molecule has 9 heavy (non-hydrogen) atoms. The maximum absolute atomic E-state index is 10.3. The van der Waals surface area contributed by atoms with E-state index in [-0.39, 0.29) is 6.61 Å². The summed E-state index contributed by atoms with van der Waals surface area (Å²) in [7, 11) is 2.60. The van der Waals surface area contributed by atoms with E-state index in [0.29, 0.717) is 0 Å². The normalized spacial score (nSPS) is 12.8. The van der Waals surface area contributed by atoms with E-state index < -0.39 is 12.1 Å². The summed E-state index contributed by atoms with van der Waals surface area (Å²) in [5.41, 5.74) is 0. The molecular formula is C5H10O4. The number of aliphatic hydroxyl groups excluding tert-OH is 1. The molecule has 0 aromatic carbocycles. The van der Waals surface area contributed by atoms with E-state index in [2.05, 4.69) is 9.47 Å². The molecule has 54 valence electrons. The fourth-order valence-electron chi connectivity index (χ4n) is 0.362. The zero-order chi connectivity index (χ0) is 7.28. The third-order valence-corrected chi connectivity index (χ3v) is 0.798. The van der Waals surface area contributed by atoms with Gasteiger partial charge in [0.05, 0.1) is 13.7 Å². The second kappa shape index (κ2) is 4.29. The van der Waals surface area contributed by atoms with Crippen LogP contribution in [0.3, 0.4) is 0 Å². The highest BCUT2D eigenvalue weighted by Gasteiger charge is 2.13. The monoisotopic (exact) mass is 134 g/mol. The summed E-state index contributed by atoms with van der Waals surface area (Å²) in [5, 5.41) is 8.72. The third kappa shape index (κ3) is 3.05. The van der Waals surface area contributed by atoms with Crippen LogP contribution in [0.2, 0.25) is 0 Å². The van der Waals surface area contributed by atoms with Crippen molar-refractivity contribution in [2.45, 2.75) is 6.10 Å². The van der Waals surface area contributed by atoms with Gasteiger partial charge in [-0.05, 0) is 0 Å². The third-order valence-electron chi connectivity index (χ3n) is 0.798. The molecule has 0 spiro atoms. The van der Waals surface area contributed by atoms with Crippen molar-refractivity contribution in [1.29, 1.82) is 0 Å². The van der Waals surface area contributed by atoms with Gasteiger partial charge in [-0.2, -0.15) is 0 Å². The van der Waals surface area contributed by atoms with Crippen molar-refractivity contribution in [2.24, 2.45) is 0 Å². The molecule has 0 radical (unpaired) electrons. The summed E-state index contributed by atoms with van der Waals surface area (Å²) in [4.78, 5) is 10.3. The Morgan fingerprint density at radius 3 is 2.56 bits per heavy atom. The standard InChI is InChI=1S/C5H10O4/c1-8-3-4(6)5(7)9-2/h4,6H,3H2,1-2H3/t4-/m1/s1. The highest BCUT2D eigenvalue weighted by atomic mass is 16.5. The number of hydrogen-bond acceptors (Lipinski definition) is 4. The van der Waals surface area contributed by atoms with Crippen LogP contribution >= 0.6 is 0 Å². The fraction of sp³-hybridized carbons (Fsp3) is 0.800. The first kappa shape index (κ1) is 8.39. The van der Waals surface area contributed by atoms with E-state index in [0.717, 1.165) is 0 Å². The van der Waals surface area contributed by atoms with Crippen molar-refractivity contribution < 1.29 is 19.4 Å². The molecule has 0 aliphatic rings. The summed E-state index contributed by atoms with van der Waals surface area (Å²) < 4.78 is 8.67. The Balaban J connectivity index is 3.45. The smallest absolute Gasteiger partial charge is 0.337 e. The minimum atomic E-state index is -1.15. The summed E-state index contributed by atoms with van der Waals surface area (Å²) >= 11 is 0. The fourth-order valence-corrected chi connectivity index (χ4v) is 0.362. The lowest BCUT2D eigenvalue weighted by Gasteiger charge is -2.04. The lowest BCUT2D eigenvalue weighted by atomic mass is 10.4. The topological polar surface area (TPSA) is 55.8 Å². The van der Waals surface area contributed by atoms with E-state index in [1.165, 1.54) is 14.2 Å². The van der Waals surface area contributed by atoms with Gasteiger partial charge in [0, 0.05) is 7.11 Å². The van der Waals surface area contributed by atoms with Crippen LogP contribution < -0.4 is 0 Å². The number of ether oxygens (including phenoxy) is 2. The average molecular weight is 134 g/mol. The van der Waals surface area contributed by atoms with Crippen LogP contribution in [0.25, 0.3) is 0 Å². The van der Waals surface area contributed by atoms with Crippen LogP contribution in [-0.4, -0.2) is 38.0 Å². The Morgan fingerprint density at radius 2 is 2.22 bits per heavy atom.